The SMILES string of the molecule is CS(=O)(=O)OCCCn1ccc(C2=CC(=C3C(=O)Nc4cc(F)ccc43)OC2)c1. The summed E-state index contributed by atoms with van der Waals surface area (Å²) >= 11 is 0. The number of nitrogens with one attached hydrogen (secondary N) is 1. The third kappa shape index (κ3) is 4.25. The van der Waals surface area contributed by atoms with Crippen LogP contribution in [0.15, 0.2) is 48.5 Å². The van der Waals surface area contributed by atoms with E-state index in [9.17, 15) is 17.6 Å². The number of hydrogen-bond donors (Lipinski definition) is 1. The van der Waals surface area contributed by atoms with Crippen molar-refractivity contribution in [2.45, 2.75) is 13.0 Å². The molecule has 1 aromatic carbocycles. The molecule has 1 aromatic heterocycles. The van der Waals surface area contributed by atoms with Crippen molar-refractivity contribution >= 4 is 32.9 Å². The van der Waals surface area contributed by atoms with E-state index in [4.69, 9.17) is 8.92 Å². The summed E-state index contributed by atoms with van der Waals surface area (Å²) in [5.41, 5.74) is 3.31. The highest BCUT2D eigenvalue weighted by Gasteiger charge is 2.30. The van der Waals surface area contributed by atoms with Gasteiger partial charge in [0.15, 0.2) is 0 Å². The molecule has 9 heteroatoms. The van der Waals surface area contributed by atoms with E-state index in [1.807, 2.05) is 29.1 Å². The molecule has 7 nitrogen and oxygen atoms in total. The van der Waals surface area contributed by atoms with Crippen LogP contribution < -0.4 is 5.32 Å². The predicted molar refractivity (Wildman–Crippen MR) is 106 cm³/mol. The Bertz CT molecular complexity index is 1150. The highest BCUT2D eigenvalue weighted by atomic mass is 32.2. The lowest BCUT2D eigenvalue weighted by atomic mass is 10.0. The first kappa shape index (κ1) is 19.4. The van der Waals surface area contributed by atoms with E-state index in [2.05, 4.69) is 5.32 Å². The minimum atomic E-state index is -3.42. The smallest absolute Gasteiger partial charge is 0.264 e. The minimum Gasteiger partial charge on any atom is -0.488 e. The number of carbonyl (C=O) groups is 1. The number of benzene rings is 1. The monoisotopic (exact) mass is 418 g/mol. The molecule has 0 atom stereocenters. The summed E-state index contributed by atoms with van der Waals surface area (Å²) in [5, 5.41) is 2.66. The Morgan fingerprint density at radius 1 is 1.31 bits per heavy atom. The van der Waals surface area contributed by atoms with Crippen LogP contribution in [0.2, 0.25) is 0 Å². The number of amides is 1. The minimum absolute atomic E-state index is 0.128. The van der Waals surface area contributed by atoms with Crippen molar-refractivity contribution in [2.24, 2.45) is 0 Å². The van der Waals surface area contributed by atoms with Gasteiger partial charge in [-0.2, -0.15) is 8.42 Å². The third-order valence-corrected chi connectivity index (χ3v) is 5.24. The summed E-state index contributed by atoms with van der Waals surface area (Å²) in [6.07, 6.45) is 7.22. The number of ether oxygens (including phenoxy) is 1. The van der Waals surface area contributed by atoms with Crippen molar-refractivity contribution in [3.8, 4) is 0 Å². The van der Waals surface area contributed by atoms with Crippen molar-refractivity contribution in [1.82, 2.24) is 4.57 Å². The average molecular weight is 418 g/mol. The molecule has 0 unspecified atom stereocenters. The summed E-state index contributed by atoms with van der Waals surface area (Å²) in [6.45, 7) is 1.06. The van der Waals surface area contributed by atoms with E-state index in [-0.39, 0.29) is 12.5 Å². The molecule has 152 valence electrons. The normalized spacial score (nSPS) is 18.4. The lowest BCUT2D eigenvalue weighted by molar-refractivity contribution is -0.110. The second-order valence-corrected chi connectivity index (χ2v) is 8.50. The van der Waals surface area contributed by atoms with Crippen LogP contribution in [0.1, 0.15) is 17.5 Å². The Kier molecular flexibility index (Phi) is 5.01. The lowest BCUT2D eigenvalue weighted by Gasteiger charge is -2.03. The Morgan fingerprint density at radius 3 is 2.93 bits per heavy atom. The topological polar surface area (TPSA) is 86.6 Å². The van der Waals surface area contributed by atoms with Crippen LogP contribution in [0.4, 0.5) is 10.1 Å². The zero-order valence-electron chi connectivity index (χ0n) is 15.6. The molecule has 2 aliphatic heterocycles. The molecule has 29 heavy (non-hydrogen) atoms. The molecule has 2 aliphatic rings. The molecule has 0 radical (unpaired) electrons. The Morgan fingerprint density at radius 2 is 2.14 bits per heavy atom. The molecule has 2 aromatic rings. The van der Waals surface area contributed by atoms with Gasteiger partial charge in [-0.3, -0.25) is 8.98 Å². The van der Waals surface area contributed by atoms with E-state index in [1.165, 1.54) is 12.1 Å². The van der Waals surface area contributed by atoms with E-state index >= 15 is 0 Å². The first-order valence-electron chi connectivity index (χ1n) is 9.00. The molecule has 0 bridgehead atoms. The van der Waals surface area contributed by atoms with Gasteiger partial charge < -0.3 is 14.6 Å². The largest absolute Gasteiger partial charge is 0.488 e. The van der Waals surface area contributed by atoms with Gasteiger partial charge in [0, 0.05) is 30.1 Å². The first-order chi connectivity index (χ1) is 13.8. The maximum absolute atomic E-state index is 13.4. The molecule has 4 rings (SSSR count). The zero-order valence-corrected chi connectivity index (χ0v) is 16.5. The summed E-state index contributed by atoms with van der Waals surface area (Å²) in [6, 6.07) is 6.09. The number of rotatable bonds is 6. The molecule has 0 saturated carbocycles. The van der Waals surface area contributed by atoms with Gasteiger partial charge in [-0.1, -0.05) is 0 Å². The van der Waals surface area contributed by atoms with Gasteiger partial charge in [-0.15, -0.1) is 0 Å². The zero-order chi connectivity index (χ0) is 20.6. The van der Waals surface area contributed by atoms with Crippen molar-refractivity contribution in [2.75, 3.05) is 24.8 Å². The number of allylic oxidation sites excluding steroid dienone is 1. The number of nitrogens with zero attached hydrogens (tertiary/aromatic N) is 1. The van der Waals surface area contributed by atoms with Crippen molar-refractivity contribution in [3.63, 3.8) is 0 Å². The predicted octanol–water partition coefficient (Wildman–Crippen LogP) is 2.77. The molecule has 0 aliphatic carbocycles. The number of hydrogen-bond acceptors (Lipinski definition) is 5. The highest BCUT2D eigenvalue weighted by Crippen LogP contribution is 2.38. The molecule has 0 fully saturated rings. The molecule has 1 amide bonds. The molecular formula is C20H19FN2O5S. The fraction of sp³-hybridized carbons (Fsp3) is 0.250. The summed E-state index contributed by atoms with van der Waals surface area (Å²) in [4.78, 5) is 12.3. The van der Waals surface area contributed by atoms with Crippen LogP contribution in [0.25, 0.3) is 11.1 Å². The standard InChI is InChI=1S/C20H19FN2O5S/c1-29(25,26)28-8-2-6-23-7-5-13(11-23)14-9-18(27-12-14)19-16-4-3-15(21)10-17(16)22-20(19)24/h3-5,7,9-11H,2,6,8,12H2,1H3,(H,22,24). The summed E-state index contributed by atoms with van der Waals surface area (Å²) in [5.74, 6) is -0.277. The van der Waals surface area contributed by atoms with E-state index in [0.29, 0.717) is 42.2 Å². The number of halogens is 1. The van der Waals surface area contributed by atoms with Crippen LogP contribution in [0.5, 0.6) is 0 Å². The molecule has 0 spiro atoms. The van der Waals surface area contributed by atoms with Gasteiger partial charge in [0.25, 0.3) is 16.0 Å². The first-order valence-corrected chi connectivity index (χ1v) is 10.8. The quantitative estimate of drug-likeness (QED) is 0.443. The lowest BCUT2D eigenvalue weighted by Crippen LogP contribution is -2.06. The summed E-state index contributed by atoms with van der Waals surface area (Å²) in [7, 11) is -3.42. The van der Waals surface area contributed by atoms with E-state index in [1.54, 1.807) is 6.07 Å². The molecule has 0 saturated heterocycles. The Balaban J connectivity index is 1.50. The fourth-order valence-electron chi connectivity index (χ4n) is 3.32. The number of aryl methyl sites for hydroxylation is 1. The highest BCUT2D eigenvalue weighted by molar-refractivity contribution is 7.85. The maximum Gasteiger partial charge on any atom is 0.264 e. The van der Waals surface area contributed by atoms with Gasteiger partial charge >= 0.3 is 0 Å². The van der Waals surface area contributed by atoms with Gasteiger partial charge in [-0.25, -0.2) is 4.39 Å². The number of carbonyl (C=O) groups excluding carboxylic acids is 1. The number of fused-ring (bicyclic) bond motifs is 1. The van der Waals surface area contributed by atoms with Gasteiger partial charge in [-0.05, 0) is 42.3 Å². The fourth-order valence-corrected chi connectivity index (χ4v) is 3.75. The van der Waals surface area contributed by atoms with Crippen LogP contribution in [0, 0.1) is 5.82 Å². The van der Waals surface area contributed by atoms with Crippen molar-refractivity contribution in [1.29, 1.82) is 0 Å². The third-order valence-electron chi connectivity index (χ3n) is 4.64. The van der Waals surface area contributed by atoms with Gasteiger partial charge in [0.2, 0.25) is 0 Å². The summed E-state index contributed by atoms with van der Waals surface area (Å²) < 4.78 is 47.8. The van der Waals surface area contributed by atoms with E-state index in [0.717, 1.165) is 17.4 Å². The average Bonchev–Trinajstić information content (AvgIpc) is 3.34. The van der Waals surface area contributed by atoms with Crippen LogP contribution in [-0.4, -0.2) is 38.4 Å². The van der Waals surface area contributed by atoms with Crippen LogP contribution in [-0.2, 0) is 30.4 Å². The van der Waals surface area contributed by atoms with Crippen molar-refractivity contribution < 1.29 is 26.5 Å². The van der Waals surface area contributed by atoms with Gasteiger partial charge in [0.1, 0.15) is 18.2 Å². The Hall–Kier alpha value is -2.91. The molecule has 3 heterocycles. The van der Waals surface area contributed by atoms with Crippen LogP contribution >= 0.6 is 0 Å². The number of anilines is 1. The Labute approximate surface area is 167 Å². The van der Waals surface area contributed by atoms with E-state index < -0.39 is 15.9 Å². The van der Waals surface area contributed by atoms with Gasteiger partial charge in [0.05, 0.1) is 24.1 Å². The molecule has 1 N–H and O–H groups in total. The van der Waals surface area contributed by atoms with Crippen LogP contribution in [0.3, 0.4) is 0 Å². The maximum atomic E-state index is 13.4. The molecular weight excluding hydrogens is 399 g/mol. The van der Waals surface area contributed by atoms with Crippen molar-refractivity contribution in [3.05, 3.63) is 65.4 Å². The second kappa shape index (κ2) is 7.49. The number of aromatic nitrogens is 1. The second-order valence-electron chi connectivity index (χ2n) is 6.86.